The highest BCUT2D eigenvalue weighted by atomic mass is 79.9. The third-order valence-electron chi connectivity index (χ3n) is 3.40. The molecule has 0 aliphatic carbocycles. The topological polar surface area (TPSA) is 41.9 Å². The second-order valence-corrected chi connectivity index (χ2v) is 5.51. The molecule has 94 valence electrons. The van der Waals surface area contributed by atoms with Gasteiger partial charge in [-0.2, -0.15) is 5.10 Å². The van der Waals surface area contributed by atoms with Crippen LogP contribution in [0.5, 0.6) is 0 Å². The van der Waals surface area contributed by atoms with Crippen molar-refractivity contribution in [3.05, 3.63) is 11.4 Å². The minimum absolute atomic E-state index is 0.758. The van der Waals surface area contributed by atoms with Gasteiger partial charge in [-0.25, -0.2) is 4.98 Å². The van der Waals surface area contributed by atoms with Crippen LogP contribution in [-0.4, -0.2) is 33.6 Å². The SMILES string of the molecule is Cc1nnc(N2CCCC(CCBr)C2)nc1C. The van der Waals surface area contributed by atoms with Crippen molar-refractivity contribution in [2.24, 2.45) is 5.92 Å². The quantitative estimate of drug-likeness (QED) is 0.804. The lowest BCUT2D eigenvalue weighted by Crippen LogP contribution is -2.37. The monoisotopic (exact) mass is 298 g/mol. The van der Waals surface area contributed by atoms with Crippen LogP contribution >= 0.6 is 15.9 Å². The van der Waals surface area contributed by atoms with E-state index in [0.29, 0.717) is 0 Å². The molecule has 17 heavy (non-hydrogen) atoms. The molecule has 0 spiro atoms. The number of aryl methyl sites for hydroxylation is 2. The van der Waals surface area contributed by atoms with Crippen LogP contribution in [-0.2, 0) is 0 Å². The van der Waals surface area contributed by atoms with E-state index in [2.05, 4.69) is 36.0 Å². The van der Waals surface area contributed by atoms with Gasteiger partial charge in [-0.1, -0.05) is 15.9 Å². The molecule has 0 aromatic carbocycles. The summed E-state index contributed by atoms with van der Waals surface area (Å²) in [7, 11) is 0. The first-order valence-electron chi connectivity index (χ1n) is 6.19. The molecule has 5 heteroatoms. The van der Waals surface area contributed by atoms with Crippen molar-refractivity contribution < 1.29 is 0 Å². The minimum atomic E-state index is 0.758. The van der Waals surface area contributed by atoms with E-state index >= 15 is 0 Å². The molecule has 1 fully saturated rings. The minimum Gasteiger partial charge on any atom is -0.339 e. The van der Waals surface area contributed by atoms with E-state index in [1.165, 1.54) is 19.3 Å². The van der Waals surface area contributed by atoms with Crippen LogP contribution in [0.1, 0.15) is 30.7 Å². The number of anilines is 1. The summed E-state index contributed by atoms with van der Waals surface area (Å²) in [6, 6.07) is 0. The fourth-order valence-corrected chi connectivity index (χ4v) is 2.86. The van der Waals surface area contributed by atoms with Gasteiger partial charge in [0.1, 0.15) is 0 Å². The molecule has 0 bridgehead atoms. The van der Waals surface area contributed by atoms with Gasteiger partial charge in [-0.05, 0) is 39.0 Å². The Hall–Kier alpha value is -0.710. The van der Waals surface area contributed by atoms with Gasteiger partial charge < -0.3 is 4.90 Å². The number of halogens is 1. The third-order valence-corrected chi connectivity index (χ3v) is 3.86. The molecule has 1 saturated heterocycles. The Kier molecular flexibility index (Phi) is 4.31. The molecule has 4 nitrogen and oxygen atoms in total. The molecule has 0 N–H and O–H groups in total. The fourth-order valence-electron chi connectivity index (χ4n) is 2.22. The maximum atomic E-state index is 4.53. The van der Waals surface area contributed by atoms with E-state index in [1.807, 2.05) is 13.8 Å². The Labute approximate surface area is 111 Å². The van der Waals surface area contributed by atoms with Crippen LogP contribution in [0, 0.1) is 19.8 Å². The molecule has 0 saturated carbocycles. The second-order valence-electron chi connectivity index (χ2n) is 4.71. The molecule has 1 aliphatic rings. The predicted molar refractivity (Wildman–Crippen MR) is 72.6 cm³/mol. The van der Waals surface area contributed by atoms with E-state index in [-0.39, 0.29) is 0 Å². The Morgan fingerprint density at radius 2 is 2.12 bits per heavy atom. The van der Waals surface area contributed by atoms with Crippen molar-refractivity contribution in [3.8, 4) is 0 Å². The lowest BCUT2D eigenvalue weighted by molar-refractivity contribution is 0.403. The van der Waals surface area contributed by atoms with Gasteiger partial charge in [-0.15, -0.1) is 5.10 Å². The molecule has 0 radical (unpaired) electrons. The second kappa shape index (κ2) is 5.76. The largest absolute Gasteiger partial charge is 0.339 e. The Morgan fingerprint density at radius 3 is 2.82 bits per heavy atom. The number of nitrogens with zero attached hydrogens (tertiary/aromatic N) is 4. The first-order valence-corrected chi connectivity index (χ1v) is 7.31. The van der Waals surface area contributed by atoms with E-state index in [4.69, 9.17) is 0 Å². The summed E-state index contributed by atoms with van der Waals surface area (Å²) in [6.07, 6.45) is 3.78. The molecule has 1 atom stereocenters. The van der Waals surface area contributed by atoms with Crippen LogP contribution in [0.15, 0.2) is 0 Å². The fraction of sp³-hybridized carbons (Fsp3) is 0.750. The molecular formula is C12H19BrN4. The maximum Gasteiger partial charge on any atom is 0.245 e. The summed E-state index contributed by atoms with van der Waals surface area (Å²) in [6.45, 7) is 6.06. The van der Waals surface area contributed by atoms with Gasteiger partial charge in [0.2, 0.25) is 5.95 Å². The summed E-state index contributed by atoms with van der Waals surface area (Å²) in [4.78, 5) is 6.81. The van der Waals surface area contributed by atoms with Gasteiger partial charge in [0.05, 0.1) is 11.4 Å². The molecule has 2 rings (SSSR count). The van der Waals surface area contributed by atoms with Crippen LogP contribution in [0.25, 0.3) is 0 Å². The van der Waals surface area contributed by atoms with Crippen molar-refractivity contribution in [1.82, 2.24) is 15.2 Å². The number of hydrogen-bond donors (Lipinski definition) is 0. The van der Waals surface area contributed by atoms with Crippen LogP contribution in [0.4, 0.5) is 5.95 Å². The first-order chi connectivity index (χ1) is 8.20. The lowest BCUT2D eigenvalue weighted by Gasteiger charge is -2.32. The molecule has 2 heterocycles. The average molecular weight is 299 g/mol. The maximum absolute atomic E-state index is 4.53. The smallest absolute Gasteiger partial charge is 0.245 e. The Morgan fingerprint density at radius 1 is 1.29 bits per heavy atom. The van der Waals surface area contributed by atoms with Gasteiger partial charge in [0.25, 0.3) is 0 Å². The number of hydrogen-bond acceptors (Lipinski definition) is 4. The number of piperidine rings is 1. The van der Waals surface area contributed by atoms with E-state index in [1.54, 1.807) is 0 Å². The Balaban J connectivity index is 2.08. The zero-order valence-electron chi connectivity index (χ0n) is 10.5. The normalized spacial score (nSPS) is 20.6. The molecule has 1 aromatic rings. The van der Waals surface area contributed by atoms with Crippen molar-refractivity contribution >= 4 is 21.9 Å². The summed E-state index contributed by atoms with van der Waals surface area (Å²) < 4.78 is 0. The number of alkyl halides is 1. The van der Waals surface area contributed by atoms with Crippen LogP contribution in [0.3, 0.4) is 0 Å². The summed E-state index contributed by atoms with van der Waals surface area (Å²) >= 11 is 3.52. The summed E-state index contributed by atoms with van der Waals surface area (Å²) in [5.41, 5.74) is 1.90. The lowest BCUT2D eigenvalue weighted by atomic mass is 9.96. The first kappa shape index (κ1) is 12.7. The highest BCUT2D eigenvalue weighted by Crippen LogP contribution is 2.23. The van der Waals surface area contributed by atoms with E-state index in [9.17, 15) is 0 Å². The van der Waals surface area contributed by atoms with E-state index < -0.39 is 0 Å². The van der Waals surface area contributed by atoms with Crippen LogP contribution in [0.2, 0.25) is 0 Å². The standard InChI is InChI=1S/C12H19BrN4/c1-9-10(2)15-16-12(14-9)17-7-3-4-11(8-17)5-6-13/h11H,3-8H2,1-2H3. The Bertz CT molecular complexity index is 381. The molecular weight excluding hydrogens is 280 g/mol. The number of rotatable bonds is 3. The number of aromatic nitrogens is 3. The zero-order chi connectivity index (χ0) is 12.3. The molecule has 1 aliphatic heterocycles. The van der Waals surface area contributed by atoms with Gasteiger partial charge >= 0.3 is 0 Å². The van der Waals surface area contributed by atoms with Crippen LogP contribution < -0.4 is 4.90 Å². The molecule has 1 unspecified atom stereocenters. The molecule has 1 aromatic heterocycles. The van der Waals surface area contributed by atoms with E-state index in [0.717, 1.165) is 41.7 Å². The average Bonchev–Trinajstić information content (AvgIpc) is 2.33. The molecule has 0 amide bonds. The third kappa shape index (κ3) is 3.15. The summed E-state index contributed by atoms with van der Waals surface area (Å²) in [5.74, 6) is 1.56. The van der Waals surface area contributed by atoms with Crippen molar-refractivity contribution in [3.63, 3.8) is 0 Å². The van der Waals surface area contributed by atoms with Crippen molar-refractivity contribution in [2.75, 3.05) is 23.3 Å². The predicted octanol–water partition coefficient (Wildman–Crippen LogP) is 2.49. The van der Waals surface area contributed by atoms with Gasteiger partial charge in [0, 0.05) is 18.4 Å². The highest BCUT2D eigenvalue weighted by Gasteiger charge is 2.21. The zero-order valence-corrected chi connectivity index (χ0v) is 12.1. The van der Waals surface area contributed by atoms with Crippen molar-refractivity contribution in [1.29, 1.82) is 0 Å². The van der Waals surface area contributed by atoms with Crippen molar-refractivity contribution in [2.45, 2.75) is 33.1 Å². The van der Waals surface area contributed by atoms with Gasteiger partial charge in [0.15, 0.2) is 0 Å². The highest BCUT2D eigenvalue weighted by molar-refractivity contribution is 9.09. The van der Waals surface area contributed by atoms with Gasteiger partial charge in [-0.3, -0.25) is 0 Å². The summed E-state index contributed by atoms with van der Waals surface area (Å²) in [5, 5.41) is 9.45.